The topological polar surface area (TPSA) is 126 Å². The molecule has 0 unspecified atom stereocenters. The third-order valence-electron chi connectivity index (χ3n) is 7.06. The third-order valence-corrected chi connectivity index (χ3v) is 10.3. The molecule has 0 spiro atoms. The normalized spacial score (nSPS) is 16.0. The van der Waals surface area contributed by atoms with Crippen LogP contribution in [0, 0.1) is 5.41 Å². The molecule has 8 nitrogen and oxygen atoms in total. The van der Waals surface area contributed by atoms with E-state index in [9.17, 15) is 26.4 Å². The number of Topliss-reactive ketones (excluding diaryl/α,β-unsaturated/α-hetero) is 2. The lowest BCUT2D eigenvalue weighted by Crippen LogP contribution is -2.36. The molecule has 0 heterocycles. The first-order chi connectivity index (χ1) is 19.7. The molecule has 42 heavy (non-hydrogen) atoms. The molecule has 2 N–H and O–H groups in total. The maximum Gasteiger partial charge on any atom is 0.261 e. The lowest BCUT2D eigenvalue weighted by Gasteiger charge is -2.33. The molecule has 0 amide bonds. The second-order valence-corrected chi connectivity index (χ2v) is 15.2. The van der Waals surface area contributed by atoms with Gasteiger partial charge in [0.15, 0.2) is 0 Å². The van der Waals surface area contributed by atoms with Crippen molar-refractivity contribution >= 4 is 77.0 Å². The summed E-state index contributed by atoms with van der Waals surface area (Å²) in [5.41, 5.74) is -0.411. The molecule has 4 aromatic rings. The SMILES string of the molecule is CC1(C)CC(=O)C(c2cc(NS(=O)(=O)c3ccc(Cl)cc3)c3ccccc3c2NS(=O)(=O)c2ccc(Cl)cc2)C(=O)C1. The molecule has 1 fully saturated rings. The number of hydrogen-bond acceptors (Lipinski definition) is 6. The van der Waals surface area contributed by atoms with E-state index < -0.39 is 31.4 Å². The molecule has 0 saturated heterocycles. The van der Waals surface area contributed by atoms with Gasteiger partial charge in [0.1, 0.15) is 17.5 Å². The average molecular weight is 646 g/mol. The lowest BCUT2D eigenvalue weighted by molar-refractivity contribution is -0.135. The molecule has 0 bridgehead atoms. The van der Waals surface area contributed by atoms with Crippen molar-refractivity contribution in [3.05, 3.63) is 94.5 Å². The summed E-state index contributed by atoms with van der Waals surface area (Å²) < 4.78 is 59.0. The summed E-state index contributed by atoms with van der Waals surface area (Å²) in [4.78, 5) is 26.8. The van der Waals surface area contributed by atoms with Gasteiger partial charge in [-0.2, -0.15) is 0 Å². The lowest BCUT2D eigenvalue weighted by atomic mass is 9.69. The van der Waals surface area contributed by atoms with Crippen molar-refractivity contribution in [2.45, 2.75) is 42.4 Å². The highest BCUT2D eigenvalue weighted by atomic mass is 35.5. The monoisotopic (exact) mass is 644 g/mol. The fourth-order valence-electron chi connectivity index (χ4n) is 5.18. The zero-order valence-corrected chi connectivity index (χ0v) is 25.7. The van der Waals surface area contributed by atoms with Crippen LogP contribution in [0.5, 0.6) is 0 Å². The van der Waals surface area contributed by atoms with Gasteiger partial charge in [-0.15, -0.1) is 0 Å². The van der Waals surface area contributed by atoms with Crippen LogP contribution in [0.2, 0.25) is 10.0 Å². The highest BCUT2D eigenvalue weighted by Crippen LogP contribution is 2.45. The number of anilines is 2. The number of nitrogens with one attached hydrogen (secondary N) is 2. The zero-order valence-electron chi connectivity index (χ0n) is 22.5. The average Bonchev–Trinajstić information content (AvgIpc) is 2.90. The van der Waals surface area contributed by atoms with E-state index in [0.29, 0.717) is 20.8 Å². The molecule has 1 aliphatic carbocycles. The molecular weight excluding hydrogens is 619 g/mol. The van der Waals surface area contributed by atoms with Crippen LogP contribution in [0.25, 0.3) is 10.8 Å². The number of benzene rings is 4. The van der Waals surface area contributed by atoms with E-state index in [1.165, 1.54) is 54.6 Å². The van der Waals surface area contributed by atoms with E-state index in [0.717, 1.165) is 0 Å². The second kappa shape index (κ2) is 11.0. The molecule has 0 radical (unpaired) electrons. The minimum atomic E-state index is -4.22. The second-order valence-electron chi connectivity index (χ2n) is 10.9. The molecule has 4 aromatic carbocycles. The number of ketones is 2. The van der Waals surface area contributed by atoms with Gasteiger partial charge in [-0.3, -0.25) is 19.0 Å². The Balaban J connectivity index is 1.73. The Kier molecular flexibility index (Phi) is 7.86. The van der Waals surface area contributed by atoms with E-state index in [1.54, 1.807) is 24.3 Å². The van der Waals surface area contributed by atoms with Crippen molar-refractivity contribution in [3.8, 4) is 0 Å². The number of halogens is 2. The molecule has 12 heteroatoms. The Morgan fingerprint density at radius 1 is 0.690 bits per heavy atom. The Hall–Kier alpha value is -3.44. The van der Waals surface area contributed by atoms with Crippen molar-refractivity contribution in [1.82, 2.24) is 0 Å². The molecule has 5 rings (SSSR count). The number of hydrogen-bond donors (Lipinski definition) is 2. The predicted octanol–water partition coefficient (Wildman–Crippen LogP) is 6.79. The van der Waals surface area contributed by atoms with E-state index in [1.807, 2.05) is 13.8 Å². The molecule has 0 atom stereocenters. The number of carbonyl (C=O) groups is 2. The summed E-state index contributed by atoms with van der Waals surface area (Å²) in [5.74, 6) is -2.07. The Labute approximate surface area is 254 Å². The highest BCUT2D eigenvalue weighted by Gasteiger charge is 2.42. The Morgan fingerprint density at radius 2 is 1.14 bits per heavy atom. The largest absolute Gasteiger partial charge is 0.298 e. The first kappa shape index (κ1) is 30.0. The van der Waals surface area contributed by atoms with Gasteiger partial charge in [0, 0.05) is 33.7 Å². The summed E-state index contributed by atoms with van der Waals surface area (Å²) in [7, 11) is -8.36. The van der Waals surface area contributed by atoms with Crippen LogP contribution in [-0.4, -0.2) is 28.4 Å². The highest BCUT2D eigenvalue weighted by molar-refractivity contribution is 7.93. The summed E-state index contributed by atoms with van der Waals surface area (Å²) in [6, 6.07) is 19.0. The minimum absolute atomic E-state index is 0.0152. The van der Waals surface area contributed by atoms with Crippen molar-refractivity contribution in [1.29, 1.82) is 0 Å². The quantitative estimate of drug-likeness (QED) is 0.213. The Bertz CT molecular complexity index is 1920. The first-order valence-electron chi connectivity index (χ1n) is 12.8. The van der Waals surface area contributed by atoms with Crippen molar-refractivity contribution < 1.29 is 26.4 Å². The number of rotatable bonds is 7. The summed E-state index contributed by atoms with van der Waals surface area (Å²) >= 11 is 11.9. The molecule has 1 aliphatic rings. The molecule has 218 valence electrons. The van der Waals surface area contributed by atoms with Gasteiger partial charge < -0.3 is 0 Å². The summed E-state index contributed by atoms with van der Waals surface area (Å²) in [6.07, 6.45) is 0.177. The maximum absolute atomic E-state index is 13.5. The number of fused-ring (bicyclic) bond motifs is 1. The van der Waals surface area contributed by atoms with Gasteiger partial charge in [-0.05, 0) is 65.6 Å². The van der Waals surface area contributed by atoms with Gasteiger partial charge in [0.05, 0.1) is 21.2 Å². The molecule has 1 saturated carbocycles. The predicted molar refractivity (Wildman–Crippen MR) is 164 cm³/mol. The van der Waals surface area contributed by atoms with Gasteiger partial charge in [0.2, 0.25) is 0 Å². The van der Waals surface area contributed by atoms with Gasteiger partial charge >= 0.3 is 0 Å². The van der Waals surface area contributed by atoms with E-state index in [2.05, 4.69) is 9.44 Å². The van der Waals surface area contributed by atoms with Crippen LogP contribution in [0.4, 0.5) is 11.4 Å². The minimum Gasteiger partial charge on any atom is -0.298 e. The smallest absolute Gasteiger partial charge is 0.261 e. The third kappa shape index (κ3) is 6.03. The molecule has 0 aliphatic heterocycles. The van der Waals surface area contributed by atoms with Gasteiger partial charge in [0.25, 0.3) is 20.0 Å². The fourth-order valence-corrected chi connectivity index (χ4v) is 7.62. The number of sulfonamides is 2. The van der Waals surface area contributed by atoms with Crippen molar-refractivity contribution in [3.63, 3.8) is 0 Å². The summed E-state index contributed by atoms with van der Waals surface area (Å²) in [5, 5.41) is 1.35. The van der Waals surface area contributed by atoms with Crippen molar-refractivity contribution in [2.75, 3.05) is 9.44 Å². The Morgan fingerprint density at radius 3 is 1.64 bits per heavy atom. The maximum atomic E-state index is 13.5. The first-order valence-corrected chi connectivity index (χ1v) is 16.6. The van der Waals surface area contributed by atoms with Crippen LogP contribution in [0.15, 0.2) is 88.7 Å². The van der Waals surface area contributed by atoms with Crippen LogP contribution in [-0.2, 0) is 29.6 Å². The van der Waals surface area contributed by atoms with E-state index in [4.69, 9.17) is 23.2 Å². The standard InChI is InChI=1S/C30H26Cl2N2O6S2/c1-30(2)16-26(35)28(27(36)17-30)24-15-25(33-41(37,38)20-11-7-18(31)8-12-20)22-5-3-4-6-23(22)29(24)34-42(39,40)21-13-9-19(32)10-14-21/h3-15,28,33-34H,16-17H2,1-2H3. The van der Waals surface area contributed by atoms with Crippen molar-refractivity contribution in [2.24, 2.45) is 5.41 Å². The van der Waals surface area contributed by atoms with E-state index >= 15 is 0 Å². The zero-order chi connectivity index (χ0) is 30.4. The van der Waals surface area contributed by atoms with E-state index in [-0.39, 0.29) is 51.1 Å². The molecular formula is C30H26Cl2N2O6S2. The van der Waals surface area contributed by atoms with Crippen LogP contribution < -0.4 is 9.44 Å². The van der Waals surface area contributed by atoms with Gasteiger partial charge in [-0.25, -0.2) is 16.8 Å². The van der Waals surface area contributed by atoms with Crippen LogP contribution >= 0.6 is 23.2 Å². The van der Waals surface area contributed by atoms with Crippen LogP contribution in [0.1, 0.15) is 38.2 Å². The summed E-state index contributed by atoms with van der Waals surface area (Å²) in [6.45, 7) is 3.63. The van der Waals surface area contributed by atoms with Gasteiger partial charge in [-0.1, -0.05) is 61.3 Å². The fraction of sp³-hybridized carbons (Fsp3) is 0.200. The van der Waals surface area contributed by atoms with Crippen LogP contribution in [0.3, 0.4) is 0 Å². The number of carbonyl (C=O) groups excluding carboxylic acids is 2. The molecule has 0 aromatic heterocycles.